The second kappa shape index (κ2) is 5.42. The van der Waals surface area contributed by atoms with Crippen LogP contribution in [0.1, 0.15) is 12.6 Å². The van der Waals surface area contributed by atoms with Crippen molar-refractivity contribution in [3.05, 3.63) is 47.1 Å². The van der Waals surface area contributed by atoms with Crippen LogP contribution in [-0.4, -0.2) is 15.4 Å². The molecule has 1 aromatic carbocycles. The fourth-order valence-electron chi connectivity index (χ4n) is 2.08. The number of fused-ring (bicyclic) bond motifs is 1. The predicted molar refractivity (Wildman–Crippen MR) is 76.9 cm³/mol. The molecule has 21 heavy (non-hydrogen) atoms. The van der Waals surface area contributed by atoms with Gasteiger partial charge in [-0.15, -0.1) is 11.3 Å². The van der Waals surface area contributed by atoms with E-state index in [1.807, 2.05) is 22.9 Å². The van der Waals surface area contributed by atoms with Crippen molar-refractivity contribution in [1.82, 2.24) is 9.38 Å². The highest BCUT2D eigenvalue weighted by molar-refractivity contribution is 7.15. The Labute approximate surface area is 123 Å². The summed E-state index contributed by atoms with van der Waals surface area (Å²) in [6.45, 7) is 1.87. The number of aromatic nitrogens is 2. The average Bonchev–Trinajstić information content (AvgIpc) is 2.91. The van der Waals surface area contributed by atoms with Gasteiger partial charge in [0.1, 0.15) is 17.4 Å². The van der Waals surface area contributed by atoms with Crippen LogP contribution in [0.4, 0.5) is 8.78 Å². The van der Waals surface area contributed by atoms with Crippen LogP contribution in [0.2, 0.25) is 0 Å². The normalized spacial score (nSPS) is 12.8. The van der Waals surface area contributed by atoms with Gasteiger partial charge in [-0.2, -0.15) is 4.98 Å². The maximum absolute atomic E-state index is 13.2. The number of halogens is 2. The first-order valence-corrected chi connectivity index (χ1v) is 7.25. The van der Waals surface area contributed by atoms with E-state index in [1.54, 1.807) is 0 Å². The molecule has 3 rings (SSSR count). The highest BCUT2D eigenvalue weighted by Gasteiger charge is 2.17. The molecule has 0 aliphatic carbocycles. The number of hydrogen-bond donors (Lipinski definition) is 1. The largest absolute Gasteiger partial charge is 0.437 e. The van der Waals surface area contributed by atoms with Crippen LogP contribution < -0.4 is 10.5 Å². The number of imidazole rings is 1. The predicted octanol–water partition coefficient (Wildman–Crippen LogP) is 3.36. The molecule has 0 amide bonds. The molecule has 0 aliphatic heterocycles. The summed E-state index contributed by atoms with van der Waals surface area (Å²) in [5.41, 5.74) is 6.62. The molecular formula is C14H13F2N3OS. The maximum Gasteiger partial charge on any atom is 0.242 e. The smallest absolute Gasteiger partial charge is 0.242 e. The van der Waals surface area contributed by atoms with E-state index in [1.165, 1.54) is 11.3 Å². The molecule has 3 aromatic rings. The fraction of sp³-hybridized carbons (Fsp3) is 0.214. The number of benzene rings is 1. The zero-order chi connectivity index (χ0) is 15.0. The van der Waals surface area contributed by atoms with Gasteiger partial charge in [-0.05, 0) is 6.92 Å². The summed E-state index contributed by atoms with van der Waals surface area (Å²) in [5, 5.41) is 1.90. The van der Waals surface area contributed by atoms with Gasteiger partial charge in [-0.25, -0.2) is 8.78 Å². The minimum absolute atomic E-state index is 0.0733. The first-order valence-electron chi connectivity index (χ1n) is 6.37. The topological polar surface area (TPSA) is 52.5 Å². The molecule has 2 heterocycles. The quantitative estimate of drug-likeness (QED) is 0.804. The van der Waals surface area contributed by atoms with Gasteiger partial charge >= 0.3 is 0 Å². The molecule has 0 radical (unpaired) electrons. The van der Waals surface area contributed by atoms with Crippen molar-refractivity contribution in [2.24, 2.45) is 5.73 Å². The van der Waals surface area contributed by atoms with E-state index in [2.05, 4.69) is 4.98 Å². The third kappa shape index (κ3) is 2.88. The Balaban J connectivity index is 2.00. The van der Waals surface area contributed by atoms with Crippen LogP contribution in [0.5, 0.6) is 11.6 Å². The van der Waals surface area contributed by atoms with Crippen LogP contribution in [0.3, 0.4) is 0 Å². The molecule has 1 unspecified atom stereocenters. The summed E-state index contributed by atoms with van der Waals surface area (Å²) in [5.74, 6) is -0.993. The summed E-state index contributed by atoms with van der Waals surface area (Å²) < 4.78 is 33.9. The van der Waals surface area contributed by atoms with Gasteiger partial charge in [0, 0.05) is 42.2 Å². The highest BCUT2D eigenvalue weighted by atomic mass is 32.1. The van der Waals surface area contributed by atoms with Crippen molar-refractivity contribution in [3.8, 4) is 11.6 Å². The standard InChI is InChI=1S/C14H13F2N3OS/c1-8(17)4-12-13(18-14-19(12)2-3-21-14)20-11-6-9(15)5-10(16)7-11/h2-3,5-8H,4,17H2,1H3. The number of nitrogens with zero attached hydrogens (tertiary/aromatic N) is 2. The first-order chi connectivity index (χ1) is 10.0. The van der Waals surface area contributed by atoms with Crippen LogP contribution in [0.25, 0.3) is 4.96 Å². The van der Waals surface area contributed by atoms with Crippen LogP contribution in [-0.2, 0) is 6.42 Å². The molecule has 0 spiro atoms. The fourth-order valence-corrected chi connectivity index (χ4v) is 2.81. The van der Waals surface area contributed by atoms with E-state index in [4.69, 9.17) is 10.5 Å². The third-order valence-corrected chi connectivity index (χ3v) is 3.65. The van der Waals surface area contributed by atoms with Gasteiger partial charge in [0.25, 0.3) is 0 Å². The number of nitrogens with two attached hydrogens (primary N) is 1. The lowest BCUT2D eigenvalue weighted by Crippen LogP contribution is -2.19. The van der Waals surface area contributed by atoms with Gasteiger partial charge in [0.2, 0.25) is 5.88 Å². The van der Waals surface area contributed by atoms with Crippen molar-refractivity contribution in [2.75, 3.05) is 0 Å². The number of rotatable bonds is 4. The number of thiazole rings is 1. The molecule has 0 fully saturated rings. The van der Waals surface area contributed by atoms with Crippen LogP contribution >= 0.6 is 11.3 Å². The van der Waals surface area contributed by atoms with E-state index >= 15 is 0 Å². The van der Waals surface area contributed by atoms with E-state index < -0.39 is 11.6 Å². The summed E-state index contributed by atoms with van der Waals surface area (Å²) in [6.07, 6.45) is 2.41. The molecule has 7 heteroatoms. The summed E-state index contributed by atoms with van der Waals surface area (Å²) in [7, 11) is 0. The van der Waals surface area contributed by atoms with Gasteiger partial charge in [0.15, 0.2) is 4.96 Å². The Kier molecular flexibility index (Phi) is 3.60. The Hall–Kier alpha value is -1.99. The zero-order valence-corrected chi connectivity index (χ0v) is 12.0. The van der Waals surface area contributed by atoms with Crippen LogP contribution in [0.15, 0.2) is 29.8 Å². The second-order valence-electron chi connectivity index (χ2n) is 4.81. The van der Waals surface area contributed by atoms with E-state index in [0.717, 1.165) is 28.9 Å². The molecule has 1 atom stereocenters. The Morgan fingerprint density at radius 3 is 2.71 bits per heavy atom. The molecular weight excluding hydrogens is 296 g/mol. The summed E-state index contributed by atoms with van der Waals surface area (Å²) in [6, 6.07) is 2.94. The monoisotopic (exact) mass is 309 g/mol. The lowest BCUT2D eigenvalue weighted by Gasteiger charge is -2.08. The van der Waals surface area contributed by atoms with E-state index in [9.17, 15) is 8.78 Å². The van der Waals surface area contributed by atoms with Crippen LogP contribution in [0, 0.1) is 11.6 Å². The average molecular weight is 309 g/mol. The molecule has 110 valence electrons. The first kappa shape index (κ1) is 14.0. The van der Waals surface area contributed by atoms with Crippen molar-refractivity contribution in [1.29, 1.82) is 0 Å². The Bertz CT molecular complexity index is 761. The number of hydrogen-bond acceptors (Lipinski definition) is 4. The molecule has 0 bridgehead atoms. The van der Waals surface area contributed by atoms with E-state index in [-0.39, 0.29) is 11.8 Å². The minimum atomic E-state index is -0.695. The third-order valence-electron chi connectivity index (χ3n) is 2.89. The van der Waals surface area contributed by atoms with Gasteiger partial charge in [-0.1, -0.05) is 0 Å². The van der Waals surface area contributed by atoms with Crippen molar-refractivity contribution < 1.29 is 13.5 Å². The van der Waals surface area contributed by atoms with Crippen molar-refractivity contribution in [3.63, 3.8) is 0 Å². The molecule has 0 saturated heterocycles. The lowest BCUT2D eigenvalue weighted by atomic mass is 10.2. The second-order valence-corrected chi connectivity index (χ2v) is 5.68. The highest BCUT2D eigenvalue weighted by Crippen LogP contribution is 2.29. The van der Waals surface area contributed by atoms with Gasteiger partial charge in [0.05, 0.1) is 5.69 Å². The molecule has 2 N–H and O–H groups in total. The lowest BCUT2D eigenvalue weighted by molar-refractivity contribution is 0.446. The maximum atomic E-state index is 13.2. The minimum Gasteiger partial charge on any atom is -0.437 e. The Morgan fingerprint density at radius 1 is 1.33 bits per heavy atom. The van der Waals surface area contributed by atoms with Gasteiger partial charge < -0.3 is 10.5 Å². The SMILES string of the molecule is CC(N)Cc1c(Oc2cc(F)cc(F)c2)nc2sccn12. The zero-order valence-electron chi connectivity index (χ0n) is 11.2. The molecule has 0 aliphatic rings. The van der Waals surface area contributed by atoms with Gasteiger partial charge in [-0.3, -0.25) is 4.40 Å². The number of ether oxygens (including phenoxy) is 1. The van der Waals surface area contributed by atoms with Crippen molar-refractivity contribution in [2.45, 2.75) is 19.4 Å². The summed E-state index contributed by atoms with van der Waals surface area (Å²) >= 11 is 1.45. The molecule has 2 aromatic heterocycles. The van der Waals surface area contributed by atoms with E-state index in [0.29, 0.717) is 12.3 Å². The molecule has 0 saturated carbocycles. The summed E-state index contributed by atoms with van der Waals surface area (Å²) in [4.78, 5) is 5.09. The molecule has 4 nitrogen and oxygen atoms in total. The van der Waals surface area contributed by atoms with Crippen molar-refractivity contribution >= 4 is 16.3 Å². The Morgan fingerprint density at radius 2 is 2.05 bits per heavy atom.